The van der Waals surface area contributed by atoms with Gasteiger partial charge in [-0.15, -0.1) is 11.3 Å². The first-order valence-electron chi connectivity index (χ1n) is 11.6. The van der Waals surface area contributed by atoms with Crippen molar-refractivity contribution in [3.05, 3.63) is 70.1 Å². The van der Waals surface area contributed by atoms with E-state index < -0.39 is 46.8 Å². The number of nitrogens with zero attached hydrogens (tertiary/aromatic N) is 2. The molecule has 0 aliphatic carbocycles. The highest BCUT2D eigenvalue weighted by atomic mass is 32.1. The number of fused-ring (bicyclic) bond motifs is 1. The lowest BCUT2D eigenvalue weighted by atomic mass is 10.1. The summed E-state index contributed by atoms with van der Waals surface area (Å²) in [6.07, 6.45) is -8.09. The summed E-state index contributed by atoms with van der Waals surface area (Å²) in [7, 11) is 1.26. The molecule has 0 atom stereocenters. The lowest BCUT2D eigenvalue weighted by molar-refractivity contribution is -0.140. The molecule has 0 aliphatic rings. The number of methoxy groups -OCH3 is 1. The minimum atomic E-state index is -5.06. The number of hydrogen-bond acceptors (Lipinski definition) is 6. The van der Waals surface area contributed by atoms with Crippen LogP contribution in [0, 0.1) is 5.82 Å². The molecular weight excluding hydrogens is 585 g/mol. The van der Waals surface area contributed by atoms with Crippen LogP contribution in [-0.4, -0.2) is 40.4 Å². The predicted molar refractivity (Wildman–Crippen MR) is 135 cm³/mol. The third kappa shape index (κ3) is 6.43. The van der Waals surface area contributed by atoms with Crippen LogP contribution in [0.4, 0.5) is 42.1 Å². The molecule has 0 radical (unpaired) electrons. The molecule has 0 saturated carbocycles. The number of nitrogens with one attached hydrogen (secondary N) is 2. The lowest BCUT2D eigenvalue weighted by Gasteiger charge is -2.12. The first kappa shape index (κ1) is 29.8. The van der Waals surface area contributed by atoms with Crippen LogP contribution in [0.15, 0.2) is 42.6 Å². The summed E-state index contributed by atoms with van der Waals surface area (Å²) in [5.74, 6) is -3.52. The molecule has 0 bridgehead atoms. The van der Waals surface area contributed by atoms with Crippen LogP contribution in [-0.2, 0) is 18.9 Å². The van der Waals surface area contributed by atoms with Gasteiger partial charge in [0.25, 0.3) is 11.8 Å². The standard InChI is InChI=1S/C25H19F7N4O4S/c1-40-17-11-36(7-2-8-37)35-20(17)22(38)34-19-14-5-3-12(24(27,28)29)9-18(14)41-21(19)23(39)33-13-4-6-16(26)15(10-13)25(30,31)32/h3-6,9-11,37H,2,7-8H2,1H3,(H,33,39)(H,34,38). The summed E-state index contributed by atoms with van der Waals surface area (Å²) >= 11 is 0.550. The predicted octanol–water partition coefficient (Wildman–Crippen LogP) is 6.17. The number of benzene rings is 2. The monoisotopic (exact) mass is 604 g/mol. The number of carbonyl (C=O) groups excluding carboxylic acids is 2. The van der Waals surface area contributed by atoms with E-state index in [9.17, 15) is 40.3 Å². The summed E-state index contributed by atoms with van der Waals surface area (Å²) < 4.78 is 99.6. The highest BCUT2D eigenvalue weighted by Crippen LogP contribution is 2.41. The average molecular weight is 605 g/mol. The van der Waals surface area contributed by atoms with Crippen molar-refractivity contribution >= 4 is 44.6 Å². The van der Waals surface area contributed by atoms with Crippen LogP contribution in [0.1, 0.15) is 37.7 Å². The maximum absolute atomic E-state index is 13.7. The topological polar surface area (TPSA) is 105 Å². The molecule has 2 heterocycles. The smallest absolute Gasteiger partial charge is 0.419 e. The van der Waals surface area contributed by atoms with Crippen molar-refractivity contribution in [1.29, 1.82) is 0 Å². The molecule has 0 fully saturated rings. The molecule has 2 amide bonds. The Morgan fingerprint density at radius 1 is 1.02 bits per heavy atom. The number of anilines is 2. The number of aryl methyl sites for hydroxylation is 1. The summed E-state index contributed by atoms with van der Waals surface area (Å²) in [5, 5.41) is 17.8. The van der Waals surface area contributed by atoms with Gasteiger partial charge in [0.15, 0.2) is 11.4 Å². The van der Waals surface area contributed by atoms with Gasteiger partial charge in [0, 0.05) is 28.9 Å². The molecule has 2 aromatic carbocycles. The molecule has 4 aromatic rings. The first-order chi connectivity index (χ1) is 19.2. The number of rotatable bonds is 8. The van der Waals surface area contributed by atoms with E-state index in [1.54, 1.807) is 0 Å². The number of aliphatic hydroxyl groups is 1. The van der Waals surface area contributed by atoms with Gasteiger partial charge in [0.2, 0.25) is 0 Å². The second-order valence-electron chi connectivity index (χ2n) is 8.50. The fourth-order valence-corrected chi connectivity index (χ4v) is 4.89. The van der Waals surface area contributed by atoms with E-state index in [4.69, 9.17) is 9.84 Å². The van der Waals surface area contributed by atoms with Crippen molar-refractivity contribution in [3.8, 4) is 5.75 Å². The van der Waals surface area contributed by atoms with Crippen molar-refractivity contribution in [2.45, 2.75) is 25.3 Å². The Kier molecular flexibility index (Phi) is 8.26. The van der Waals surface area contributed by atoms with Crippen LogP contribution in [0.3, 0.4) is 0 Å². The second kappa shape index (κ2) is 11.4. The van der Waals surface area contributed by atoms with E-state index >= 15 is 0 Å². The van der Waals surface area contributed by atoms with E-state index in [0.29, 0.717) is 29.9 Å². The minimum absolute atomic E-state index is 0.0244. The van der Waals surface area contributed by atoms with Gasteiger partial charge in [0.05, 0.1) is 30.1 Å². The molecule has 218 valence electrons. The zero-order valence-corrected chi connectivity index (χ0v) is 21.6. The van der Waals surface area contributed by atoms with Crippen molar-refractivity contribution in [2.24, 2.45) is 0 Å². The van der Waals surface area contributed by atoms with Gasteiger partial charge in [0.1, 0.15) is 10.7 Å². The largest absolute Gasteiger partial charge is 0.493 e. The Morgan fingerprint density at radius 2 is 1.76 bits per heavy atom. The number of hydrogen-bond donors (Lipinski definition) is 3. The number of aromatic nitrogens is 2. The van der Waals surface area contributed by atoms with Gasteiger partial charge >= 0.3 is 12.4 Å². The van der Waals surface area contributed by atoms with Gasteiger partial charge < -0.3 is 20.5 Å². The molecular formula is C25H19F7N4O4S. The third-order valence-electron chi connectivity index (χ3n) is 5.70. The SMILES string of the molecule is COc1cn(CCCO)nc1C(=O)Nc1c(C(=O)Nc2ccc(F)c(C(F)(F)F)c2)sc2cc(C(F)(F)F)ccc12. The highest BCUT2D eigenvalue weighted by Gasteiger charge is 2.35. The van der Waals surface area contributed by atoms with E-state index in [1.807, 2.05) is 0 Å². The zero-order valence-electron chi connectivity index (χ0n) is 20.8. The molecule has 8 nitrogen and oxygen atoms in total. The number of aliphatic hydroxyl groups excluding tert-OH is 1. The molecule has 0 aliphatic heterocycles. The Hall–Kier alpha value is -4.18. The molecule has 3 N–H and O–H groups in total. The number of alkyl halides is 6. The molecule has 2 aromatic heterocycles. The zero-order chi connectivity index (χ0) is 30.1. The maximum atomic E-state index is 13.7. The van der Waals surface area contributed by atoms with Gasteiger partial charge in [-0.05, 0) is 36.8 Å². The molecule has 4 rings (SSSR count). The van der Waals surface area contributed by atoms with E-state index in [1.165, 1.54) is 18.0 Å². The Morgan fingerprint density at radius 3 is 2.39 bits per heavy atom. The van der Waals surface area contributed by atoms with Crippen LogP contribution in [0.5, 0.6) is 5.75 Å². The summed E-state index contributed by atoms with van der Waals surface area (Å²) in [4.78, 5) is 26.0. The number of amides is 2. The average Bonchev–Trinajstić information content (AvgIpc) is 3.48. The molecule has 41 heavy (non-hydrogen) atoms. The number of ether oxygens (including phenoxy) is 1. The van der Waals surface area contributed by atoms with E-state index in [2.05, 4.69) is 15.7 Å². The van der Waals surface area contributed by atoms with Crippen molar-refractivity contribution in [2.75, 3.05) is 24.4 Å². The first-order valence-corrected chi connectivity index (χ1v) is 12.4. The summed E-state index contributed by atoms with van der Waals surface area (Å²) in [6, 6.07) is 4.28. The quantitative estimate of drug-likeness (QED) is 0.209. The van der Waals surface area contributed by atoms with Gasteiger partial charge in [-0.1, -0.05) is 6.07 Å². The third-order valence-corrected chi connectivity index (χ3v) is 6.85. The van der Waals surface area contributed by atoms with Gasteiger partial charge in [-0.2, -0.15) is 31.4 Å². The Balaban J connectivity index is 1.75. The van der Waals surface area contributed by atoms with E-state index in [0.717, 1.165) is 24.3 Å². The highest BCUT2D eigenvalue weighted by molar-refractivity contribution is 7.21. The maximum Gasteiger partial charge on any atom is 0.419 e. The molecule has 16 heteroatoms. The van der Waals surface area contributed by atoms with Crippen LogP contribution >= 0.6 is 11.3 Å². The van der Waals surface area contributed by atoms with Gasteiger partial charge in [-0.25, -0.2) is 4.39 Å². The number of thiophene rings is 1. The fraction of sp³-hybridized carbons (Fsp3) is 0.240. The normalized spacial score (nSPS) is 12.0. The summed E-state index contributed by atoms with van der Waals surface area (Å²) in [6.45, 7) is 0.0779. The summed E-state index contributed by atoms with van der Waals surface area (Å²) in [5.41, 5.74) is -3.59. The second-order valence-corrected chi connectivity index (χ2v) is 9.55. The van der Waals surface area contributed by atoms with Gasteiger partial charge in [-0.3, -0.25) is 14.3 Å². The van der Waals surface area contributed by atoms with Crippen LogP contribution in [0.2, 0.25) is 0 Å². The lowest BCUT2D eigenvalue weighted by Crippen LogP contribution is -2.18. The number of carbonyl (C=O) groups is 2. The van der Waals surface area contributed by atoms with Crippen molar-refractivity contribution in [1.82, 2.24) is 9.78 Å². The van der Waals surface area contributed by atoms with Crippen molar-refractivity contribution < 1.29 is 50.2 Å². The molecule has 0 spiro atoms. The van der Waals surface area contributed by atoms with Crippen LogP contribution < -0.4 is 15.4 Å². The minimum Gasteiger partial charge on any atom is -0.493 e. The number of halogens is 7. The van der Waals surface area contributed by atoms with Crippen LogP contribution in [0.25, 0.3) is 10.1 Å². The molecule has 0 saturated heterocycles. The van der Waals surface area contributed by atoms with E-state index in [-0.39, 0.29) is 45.2 Å². The van der Waals surface area contributed by atoms with Crippen molar-refractivity contribution in [3.63, 3.8) is 0 Å². The Labute approximate surface area is 230 Å². The molecule has 0 unspecified atom stereocenters. The fourth-order valence-electron chi connectivity index (χ4n) is 3.79. The Bertz CT molecular complexity index is 1610.